The summed E-state index contributed by atoms with van der Waals surface area (Å²) < 4.78 is 5.25. The molecule has 1 rings (SSSR count). The number of ketones is 1. The van der Waals surface area contributed by atoms with Gasteiger partial charge >= 0.3 is 0 Å². The van der Waals surface area contributed by atoms with Crippen molar-refractivity contribution in [2.75, 3.05) is 26.8 Å². The van der Waals surface area contributed by atoms with Crippen LogP contribution < -0.4 is 5.32 Å². The highest BCUT2D eigenvalue weighted by Gasteiger charge is 2.10. The topological polar surface area (TPSA) is 75.7 Å². The summed E-state index contributed by atoms with van der Waals surface area (Å²) in [7, 11) is 1.70. The van der Waals surface area contributed by atoms with Gasteiger partial charge in [-0.25, -0.2) is 0 Å². The molecule has 1 N–H and O–H groups in total. The Labute approximate surface area is 136 Å². The zero-order valence-corrected chi connectivity index (χ0v) is 13.9. The Kier molecular flexibility index (Phi) is 7.97. The van der Waals surface area contributed by atoms with E-state index in [1.807, 2.05) is 12.1 Å². The Morgan fingerprint density at radius 2 is 1.83 bits per heavy atom. The van der Waals surface area contributed by atoms with Crippen LogP contribution in [0.1, 0.15) is 36.2 Å². The van der Waals surface area contributed by atoms with Gasteiger partial charge in [-0.3, -0.25) is 14.4 Å². The van der Waals surface area contributed by atoms with Crippen molar-refractivity contribution in [1.82, 2.24) is 10.2 Å². The molecule has 1 aromatic rings. The van der Waals surface area contributed by atoms with Crippen molar-refractivity contribution in [1.29, 1.82) is 0 Å². The quantitative estimate of drug-likeness (QED) is 0.551. The standard InChI is InChI=1S/C17H24N2O4/c1-4-16(21)18-9-10-23-12-17(22)19(3)11-14-5-7-15(8-6-14)13(2)20/h5-8H,4,9-12H2,1-3H3,(H,18,21). The molecule has 0 saturated heterocycles. The van der Waals surface area contributed by atoms with Crippen LogP contribution in [0.15, 0.2) is 24.3 Å². The van der Waals surface area contributed by atoms with Gasteiger partial charge in [-0.15, -0.1) is 0 Å². The molecule has 126 valence electrons. The summed E-state index contributed by atoms with van der Waals surface area (Å²) in [5.74, 6) is -0.155. The van der Waals surface area contributed by atoms with Gasteiger partial charge < -0.3 is 15.0 Å². The first kappa shape index (κ1) is 18.8. The number of nitrogens with zero attached hydrogens (tertiary/aromatic N) is 1. The molecule has 0 atom stereocenters. The van der Waals surface area contributed by atoms with Gasteiger partial charge in [-0.1, -0.05) is 31.2 Å². The Hall–Kier alpha value is -2.21. The number of likely N-dealkylation sites (N-methyl/N-ethyl adjacent to an activating group) is 1. The largest absolute Gasteiger partial charge is 0.370 e. The summed E-state index contributed by atoms with van der Waals surface area (Å²) in [4.78, 5) is 35.7. The van der Waals surface area contributed by atoms with E-state index in [1.165, 1.54) is 6.92 Å². The number of carbonyl (C=O) groups excluding carboxylic acids is 3. The van der Waals surface area contributed by atoms with Crippen LogP contribution >= 0.6 is 0 Å². The Morgan fingerprint density at radius 1 is 1.17 bits per heavy atom. The molecule has 0 aliphatic carbocycles. The second kappa shape index (κ2) is 9.74. The second-order valence-electron chi connectivity index (χ2n) is 5.26. The molecular weight excluding hydrogens is 296 g/mol. The average molecular weight is 320 g/mol. The van der Waals surface area contributed by atoms with E-state index < -0.39 is 0 Å². The SMILES string of the molecule is CCC(=O)NCCOCC(=O)N(C)Cc1ccc(C(C)=O)cc1. The maximum atomic E-state index is 11.9. The van der Waals surface area contributed by atoms with Gasteiger partial charge in [0.2, 0.25) is 11.8 Å². The van der Waals surface area contributed by atoms with Crippen LogP contribution in [0.5, 0.6) is 0 Å². The highest BCUT2D eigenvalue weighted by Crippen LogP contribution is 2.07. The number of benzene rings is 1. The molecular formula is C17H24N2O4. The molecule has 0 bridgehead atoms. The molecule has 0 aromatic heterocycles. The molecule has 0 radical (unpaired) electrons. The zero-order chi connectivity index (χ0) is 17.2. The van der Waals surface area contributed by atoms with Crippen molar-refractivity contribution < 1.29 is 19.1 Å². The lowest BCUT2D eigenvalue weighted by molar-refractivity contribution is -0.135. The normalized spacial score (nSPS) is 10.2. The van der Waals surface area contributed by atoms with E-state index in [2.05, 4.69) is 5.32 Å². The first-order chi connectivity index (χ1) is 10.9. The smallest absolute Gasteiger partial charge is 0.248 e. The number of rotatable bonds is 9. The molecule has 0 unspecified atom stereocenters. The van der Waals surface area contributed by atoms with Crippen LogP contribution in [-0.4, -0.2) is 49.3 Å². The van der Waals surface area contributed by atoms with Crippen molar-refractivity contribution in [3.8, 4) is 0 Å². The fraction of sp³-hybridized carbons (Fsp3) is 0.471. The van der Waals surface area contributed by atoms with Crippen LogP contribution in [0, 0.1) is 0 Å². The van der Waals surface area contributed by atoms with Crippen molar-refractivity contribution in [2.24, 2.45) is 0 Å². The third kappa shape index (κ3) is 7.06. The van der Waals surface area contributed by atoms with Gasteiger partial charge in [0.1, 0.15) is 6.61 Å². The number of Topliss-reactive ketones (excluding diaryl/α,β-unsaturated/α-hetero) is 1. The highest BCUT2D eigenvalue weighted by atomic mass is 16.5. The number of amides is 2. The number of ether oxygens (including phenoxy) is 1. The molecule has 2 amide bonds. The molecule has 6 heteroatoms. The number of nitrogens with one attached hydrogen (secondary N) is 1. The van der Waals surface area contributed by atoms with E-state index in [4.69, 9.17) is 4.74 Å². The summed E-state index contributed by atoms with van der Waals surface area (Å²) in [6.07, 6.45) is 0.435. The molecule has 0 fully saturated rings. The average Bonchev–Trinajstić information content (AvgIpc) is 2.54. The highest BCUT2D eigenvalue weighted by molar-refractivity contribution is 5.94. The van der Waals surface area contributed by atoms with Crippen molar-refractivity contribution in [3.05, 3.63) is 35.4 Å². The minimum absolute atomic E-state index is 0.0181. The lowest BCUT2D eigenvalue weighted by Crippen LogP contribution is -2.32. The van der Waals surface area contributed by atoms with Gasteiger partial charge in [-0.2, -0.15) is 0 Å². The van der Waals surface area contributed by atoms with E-state index in [0.717, 1.165) is 5.56 Å². The lowest BCUT2D eigenvalue weighted by Gasteiger charge is -2.17. The number of carbonyl (C=O) groups is 3. The maximum absolute atomic E-state index is 11.9. The van der Waals surface area contributed by atoms with Gasteiger partial charge in [0, 0.05) is 32.1 Å². The number of hydrogen-bond acceptors (Lipinski definition) is 4. The first-order valence-corrected chi connectivity index (χ1v) is 7.62. The number of hydrogen-bond donors (Lipinski definition) is 1. The molecule has 0 aliphatic heterocycles. The van der Waals surface area contributed by atoms with Gasteiger partial charge in [0.05, 0.1) is 6.61 Å². The van der Waals surface area contributed by atoms with Crippen LogP contribution in [0.3, 0.4) is 0 Å². The molecule has 0 heterocycles. The maximum Gasteiger partial charge on any atom is 0.248 e. The molecule has 23 heavy (non-hydrogen) atoms. The Bertz CT molecular complexity index is 540. The zero-order valence-electron chi connectivity index (χ0n) is 13.9. The minimum Gasteiger partial charge on any atom is -0.370 e. The lowest BCUT2D eigenvalue weighted by atomic mass is 10.1. The van der Waals surface area contributed by atoms with E-state index in [9.17, 15) is 14.4 Å². The van der Waals surface area contributed by atoms with E-state index in [1.54, 1.807) is 31.0 Å². The molecule has 1 aromatic carbocycles. The summed E-state index contributed by atoms with van der Waals surface area (Å²) >= 11 is 0. The van der Waals surface area contributed by atoms with Crippen molar-refractivity contribution in [3.63, 3.8) is 0 Å². The Balaban J connectivity index is 2.30. The predicted molar refractivity (Wildman–Crippen MR) is 87.0 cm³/mol. The van der Waals surface area contributed by atoms with Gasteiger partial charge in [0.25, 0.3) is 0 Å². The fourth-order valence-electron chi connectivity index (χ4n) is 1.86. The van der Waals surface area contributed by atoms with Crippen LogP contribution in [0.4, 0.5) is 0 Å². The second-order valence-corrected chi connectivity index (χ2v) is 5.26. The third-order valence-electron chi connectivity index (χ3n) is 3.32. The third-order valence-corrected chi connectivity index (χ3v) is 3.32. The van der Waals surface area contributed by atoms with Crippen LogP contribution in [0.25, 0.3) is 0 Å². The van der Waals surface area contributed by atoms with E-state index in [-0.39, 0.29) is 24.2 Å². The fourth-order valence-corrected chi connectivity index (χ4v) is 1.86. The molecule has 0 aliphatic rings. The van der Waals surface area contributed by atoms with E-state index in [0.29, 0.717) is 31.7 Å². The first-order valence-electron chi connectivity index (χ1n) is 7.62. The molecule has 6 nitrogen and oxygen atoms in total. The Morgan fingerprint density at radius 3 is 2.39 bits per heavy atom. The predicted octanol–water partition coefficient (Wildman–Crippen LogP) is 1.39. The summed E-state index contributed by atoms with van der Waals surface area (Å²) in [6.45, 7) is 4.42. The van der Waals surface area contributed by atoms with E-state index >= 15 is 0 Å². The van der Waals surface area contributed by atoms with Gasteiger partial charge in [-0.05, 0) is 12.5 Å². The molecule has 0 spiro atoms. The monoisotopic (exact) mass is 320 g/mol. The van der Waals surface area contributed by atoms with Crippen LogP contribution in [0.2, 0.25) is 0 Å². The summed E-state index contributed by atoms with van der Waals surface area (Å²) in [5, 5.41) is 2.67. The molecule has 0 saturated carbocycles. The van der Waals surface area contributed by atoms with Gasteiger partial charge in [0.15, 0.2) is 5.78 Å². The van der Waals surface area contributed by atoms with Crippen molar-refractivity contribution in [2.45, 2.75) is 26.8 Å². The van der Waals surface area contributed by atoms with Crippen molar-refractivity contribution >= 4 is 17.6 Å². The minimum atomic E-state index is -0.137. The summed E-state index contributed by atoms with van der Waals surface area (Å²) in [6, 6.07) is 7.18. The van der Waals surface area contributed by atoms with Crippen LogP contribution in [-0.2, 0) is 20.9 Å². The summed E-state index contributed by atoms with van der Waals surface area (Å²) in [5.41, 5.74) is 1.60.